The molecule has 0 radical (unpaired) electrons. The van der Waals surface area contributed by atoms with Crippen molar-refractivity contribution in [2.75, 3.05) is 64.7 Å². The molecular weight excluding hydrogens is 446 g/mol. The molecule has 0 amide bonds. The highest BCUT2D eigenvalue weighted by atomic mass is 16.5. The molecule has 2 aromatic heterocycles. The van der Waals surface area contributed by atoms with Gasteiger partial charge in [-0.3, -0.25) is 4.90 Å². The maximum absolute atomic E-state index is 6.62. The van der Waals surface area contributed by atoms with Crippen molar-refractivity contribution >= 4 is 22.8 Å². The molecule has 0 saturated carbocycles. The largest absolute Gasteiger partial charge is 0.497 e. The molecule has 0 aliphatic carbocycles. The first-order chi connectivity index (χ1) is 17.2. The van der Waals surface area contributed by atoms with Crippen molar-refractivity contribution < 1.29 is 14.2 Å². The Labute approximate surface area is 203 Å². The second-order valence-electron chi connectivity index (χ2n) is 8.20. The van der Waals surface area contributed by atoms with Crippen LogP contribution in [0.2, 0.25) is 0 Å². The molecule has 3 heterocycles. The van der Waals surface area contributed by atoms with Gasteiger partial charge < -0.3 is 25.3 Å². The van der Waals surface area contributed by atoms with Crippen LogP contribution in [0.4, 0.5) is 11.8 Å². The molecular formula is C25H29N7O3. The lowest BCUT2D eigenvalue weighted by molar-refractivity contribution is 0.0398. The molecule has 5 rings (SSSR count). The maximum Gasteiger partial charge on any atom is 0.225 e. The lowest BCUT2D eigenvalue weighted by atomic mass is 10.1. The van der Waals surface area contributed by atoms with Crippen molar-refractivity contribution in [3.05, 3.63) is 48.5 Å². The smallest absolute Gasteiger partial charge is 0.225 e. The second kappa shape index (κ2) is 10.2. The van der Waals surface area contributed by atoms with Gasteiger partial charge in [-0.1, -0.05) is 12.1 Å². The van der Waals surface area contributed by atoms with Crippen molar-refractivity contribution in [1.29, 1.82) is 0 Å². The summed E-state index contributed by atoms with van der Waals surface area (Å²) in [7, 11) is 3.28. The third-order valence-corrected chi connectivity index (χ3v) is 6.04. The Balaban J connectivity index is 1.54. The highest BCUT2D eigenvalue weighted by Gasteiger charge is 2.20. The first-order valence-corrected chi connectivity index (χ1v) is 11.6. The predicted octanol–water partition coefficient (Wildman–Crippen LogP) is 2.83. The average Bonchev–Trinajstić information content (AvgIpc) is 3.25. The van der Waals surface area contributed by atoms with Crippen LogP contribution in [0.25, 0.3) is 28.0 Å². The van der Waals surface area contributed by atoms with Gasteiger partial charge >= 0.3 is 0 Å². The summed E-state index contributed by atoms with van der Waals surface area (Å²) in [6.07, 6.45) is 0. The van der Waals surface area contributed by atoms with Crippen LogP contribution in [0, 0.1) is 0 Å². The Kier molecular flexibility index (Phi) is 6.64. The molecule has 1 aliphatic heterocycles. The molecule has 0 unspecified atom stereocenters. The zero-order chi connectivity index (χ0) is 24.2. The van der Waals surface area contributed by atoms with Crippen LogP contribution in [-0.4, -0.2) is 78.3 Å². The number of hydrogen-bond donors (Lipinski definition) is 2. The van der Waals surface area contributed by atoms with Crippen LogP contribution in [0.1, 0.15) is 0 Å². The van der Waals surface area contributed by atoms with Crippen LogP contribution in [0.15, 0.2) is 48.5 Å². The lowest BCUT2D eigenvalue weighted by Crippen LogP contribution is -2.39. The molecule has 10 nitrogen and oxygen atoms in total. The van der Waals surface area contributed by atoms with Crippen LogP contribution < -0.4 is 20.5 Å². The van der Waals surface area contributed by atoms with E-state index in [1.807, 2.05) is 48.5 Å². The average molecular weight is 476 g/mol. The summed E-state index contributed by atoms with van der Waals surface area (Å²) < 4.78 is 17.8. The fourth-order valence-electron chi connectivity index (χ4n) is 4.14. The maximum atomic E-state index is 6.62. The van der Waals surface area contributed by atoms with Gasteiger partial charge in [-0.15, -0.1) is 5.10 Å². The fraction of sp³-hybridized carbons (Fsp3) is 0.320. The summed E-state index contributed by atoms with van der Waals surface area (Å²) in [5.41, 5.74) is 9.50. The van der Waals surface area contributed by atoms with Crippen molar-refractivity contribution in [2.24, 2.45) is 0 Å². The molecule has 0 spiro atoms. The number of ether oxygens (including phenoxy) is 3. The molecule has 4 aromatic rings. The van der Waals surface area contributed by atoms with Crippen molar-refractivity contribution in [3.63, 3.8) is 0 Å². The number of anilines is 2. The van der Waals surface area contributed by atoms with Gasteiger partial charge in [-0.25, -0.2) is 9.67 Å². The van der Waals surface area contributed by atoms with Gasteiger partial charge in [0.1, 0.15) is 17.3 Å². The van der Waals surface area contributed by atoms with E-state index in [0.717, 1.165) is 55.6 Å². The highest BCUT2D eigenvalue weighted by Crippen LogP contribution is 2.34. The monoisotopic (exact) mass is 475 g/mol. The molecule has 2 aromatic carbocycles. The fourth-order valence-corrected chi connectivity index (χ4v) is 4.14. The lowest BCUT2D eigenvalue weighted by Gasteiger charge is -2.26. The minimum Gasteiger partial charge on any atom is -0.497 e. The molecule has 182 valence electrons. The molecule has 3 N–H and O–H groups in total. The third-order valence-electron chi connectivity index (χ3n) is 6.04. The number of nitrogens with two attached hydrogens (primary N) is 1. The minimum atomic E-state index is 0.461. The number of fused-ring (bicyclic) bond motifs is 1. The minimum absolute atomic E-state index is 0.461. The summed E-state index contributed by atoms with van der Waals surface area (Å²) in [5.74, 6) is 2.45. The Morgan fingerprint density at radius 3 is 2.51 bits per heavy atom. The molecule has 1 saturated heterocycles. The van der Waals surface area contributed by atoms with Crippen LogP contribution in [0.5, 0.6) is 11.5 Å². The van der Waals surface area contributed by atoms with E-state index in [-0.39, 0.29) is 0 Å². The normalized spacial score (nSPS) is 14.2. The zero-order valence-corrected chi connectivity index (χ0v) is 19.9. The van der Waals surface area contributed by atoms with Gasteiger partial charge in [0, 0.05) is 31.7 Å². The number of nitrogens with zero attached hydrogens (tertiary/aromatic N) is 5. The van der Waals surface area contributed by atoms with Crippen LogP contribution in [0.3, 0.4) is 0 Å². The summed E-state index contributed by atoms with van der Waals surface area (Å²) >= 11 is 0. The van der Waals surface area contributed by atoms with Gasteiger partial charge in [0.05, 0.1) is 44.2 Å². The Hall–Kier alpha value is -3.89. The van der Waals surface area contributed by atoms with Crippen molar-refractivity contribution in [1.82, 2.24) is 24.6 Å². The number of nitrogen functional groups attached to an aromatic ring is 1. The number of methoxy groups -OCH3 is 2. The molecule has 1 fully saturated rings. The number of nitrogens with one attached hydrogen (secondary N) is 1. The zero-order valence-electron chi connectivity index (χ0n) is 19.9. The number of aromatic nitrogens is 4. The SMILES string of the molecule is COc1ccc(-n2nc3nc(NCCN4CCOCC4)nc(-c4cccc(OC)c4)c3c2N)cc1. The molecule has 35 heavy (non-hydrogen) atoms. The van der Waals surface area contributed by atoms with E-state index in [0.29, 0.717) is 35.0 Å². The van der Waals surface area contributed by atoms with E-state index in [1.54, 1.807) is 18.9 Å². The predicted molar refractivity (Wildman–Crippen MR) is 135 cm³/mol. The van der Waals surface area contributed by atoms with E-state index in [4.69, 9.17) is 35.0 Å². The quantitative estimate of drug-likeness (QED) is 0.397. The van der Waals surface area contributed by atoms with E-state index in [9.17, 15) is 0 Å². The van der Waals surface area contributed by atoms with E-state index in [1.165, 1.54) is 0 Å². The Morgan fingerprint density at radius 2 is 1.77 bits per heavy atom. The van der Waals surface area contributed by atoms with Crippen LogP contribution >= 0.6 is 0 Å². The van der Waals surface area contributed by atoms with Crippen LogP contribution in [-0.2, 0) is 4.74 Å². The number of morpholine rings is 1. The molecule has 10 heteroatoms. The number of rotatable bonds is 8. The van der Waals surface area contributed by atoms with Crippen molar-refractivity contribution in [3.8, 4) is 28.4 Å². The summed E-state index contributed by atoms with van der Waals surface area (Å²) in [6, 6.07) is 15.3. The van der Waals surface area contributed by atoms with E-state index >= 15 is 0 Å². The topological polar surface area (TPSA) is 113 Å². The molecule has 1 aliphatic rings. The van der Waals surface area contributed by atoms with E-state index in [2.05, 4.69) is 10.2 Å². The Bertz CT molecular complexity index is 1300. The second-order valence-corrected chi connectivity index (χ2v) is 8.20. The van der Waals surface area contributed by atoms with Gasteiger partial charge in [0.15, 0.2) is 5.65 Å². The summed E-state index contributed by atoms with van der Waals surface area (Å²) in [5, 5.41) is 8.78. The number of hydrogen-bond acceptors (Lipinski definition) is 9. The highest BCUT2D eigenvalue weighted by molar-refractivity contribution is 5.99. The van der Waals surface area contributed by atoms with Gasteiger partial charge in [0.25, 0.3) is 0 Å². The third kappa shape index (κ3) is 4.84. The first-order valence-electron chi connectivity index (χ1n) is 11.6. The van der Waals surface area contributed by atoms with Crippen molar-refractivity contribution in [2.45, 2.75) is 0 Å². The standard InChI is InChI=1S/C25H29N7O3/c1-33-19-8-6-18(7-9-19)32-23(26)21-22(17-4-3-5-20(16-17)34-2)28-25(29-24(21)30-32)27-10-11-31-12-14-35-15-13-31/h3-9,16H,10-15,26H2,1-2H3,(H,27,29,30). The summed E-state index contributed by atoms with van der Waals surface area (Å²) in [4.78, 5) is 11.9. The first kappa shape index (κ1) is 22.9. The summed E-state index contributed by atoms with van der Waals surface area (Å²) in [6.45, 7) is 4.98. The molecule has 0 atom stereocenters. The van der Waals surface area contributed by atoms with E-state index < -0.39 is 0 Å². The van der Waals surface area contributed by atoms with Gasteiger partial charge in [-0.2, -0.15) is 4.98 Å². The van der Waals surface area contributed by atoms with Gasteiger partial charge in [0.2, 0.25) is 5.95 Å². The van der Waals surface area contributed by atoms with Gasteiger partial charge in [-0.05, 0) is 36.4 Å². The number of benzene rings is 2. The Morgan fingerprint density at radius 1 is 1.00 bits per heavy atom. The molecule has 0 bridgehead atoms.